The van der Waals surface area contributed by atoms with Crippen molar-refractivity contribution in [1.29, 1.82) is 0 Å². The quantitative estimate of drug-likeness (QED) is 0.655. The van der Waals surface area contributed by atoms with E-state index >= 15 is 0 Å². The van der Waals surface area contributed by atoms with Gasteiger partial charge >= 0.3 is 0 Å². The summed E-state index contributed by atoms with van der Waals surface area (Å²) in [6.45, 7) is 1.95. The lowest BCUT2D eigenvalue weighted by molar-refractivity contribution is -0.115. The molecule has 0 spiro atoms. The molecule has 3 N–H and O–H groups in total. The standard InChI is InChI=1S/C14H17ClN4OS/c1-9-7-14(19(2)18-9)21-6-5-13(20)17-10-3-4-11(15)12(16)8-10/h3-4,7-8H,5-6,16H2,1-2H3,(H,17,20). The molecule has 5 nitrogen and oxygen atoms in total. The average Bonchev–Trinajstić information content (AvgIpc) is 2.72. The number of halogens is 1. The van der Waals surface area contributed by atoms with E-state index in [-0.39, 0.29) is 5.91 Å². The van der Waals surface area contributed by atoms with Crippen LogP contribution in [0.3, 0.4) is 0 Å². The maximum absolute atomic E-state index is 11.9. The largest absolute Gasteiger partial charge is 0.397 e. The number of thioether (sulfide) groups is 1. The SMILES string of the molecule is Cc1cc(SCCC(=O)Nc2ccc(Cl)c(N)c2)n(C)n1. The Bertz CT molecular complexity index is 656. The van der Waals surface area contributed by atoms with Gasteiger partial charge in [-0.1, -0.05) is 11.6 Å². The van der Waals surface area contributed by atoms with E-state index in [0.717, 1.165) is 10.7 Å². The zero-order chi connectivity index (χ0) is 15.4. The van der Waals surface area contributed by atoms with Gasteiger partial charge in [0.15, 0.2) is 0 Å². The molecule has 1 heterocycles. The number of rotatable bonds is 5. The van der Waals surface area contributed by atoms with Crippen LogP contribution in [0.4, 0.5) is 11.4 Å². The summed E-state index contributed by atoms with van der Waals surface area (Å²) in [6, 6.07) is 7.05. The molecule has 0 unspecified atom stereocenters. The first-order valence-electron chi connectivity index (χ1n) is 6.44. The summed E-state index contributed by atoms with van der Waals surface area (Å²) in [4.78, 5) is 11.9. The maximum atomic E-state index is 11.9. The fourth-order valence-electron chi connectivity index (χ4n) is 1.82. The van der Waals surface area contributed by atoms with Gasteiger partial charge in [-0.25, -0.2) is 0 Å². The van der Waals surface area contributed by atoms with Gasteiger partial charge in [0.2, 0.25) is 5.91 Å². The second kappa shape index (κ2) is 6.87. The molecule has 7 heteroatoms. The first kappa shape index (κ1) is 15.7. The summed E-state index contributed by atoms with van der Waals surface area (Å²) < 4.78 is 1.82. The Balaban J connectivity index is 1.82. The Morgan fingerprint density at radius 3 is 2.86 bits per heavy atom. The first-order chi connectivity index (χ1) is 9.95. The Labute approximate surface area is 132 Å². The minimum absolute atomic E-state index is 0.0527. The Morgan fingerprint density at radius 1 is 1.48 bits per heavy atom. The number of benzene rings is 1. The van der Waals surface area contributed by atoms with Gasteiger partial charge in [0.25, 0.3) is 0 Å². The molecule has 21 heavy (non-hydrogen) atoms. The third kappa shape index (κ3) is 4.41. The van der Waals surface area contributed by atoms with Crippen molar-refractivity contribution in [3.8, 4) is 0 Å². The van der Waals surface area contributed by atoms with Gasteiger partial charge in [-0.3, -0.25) is 9.48 Å². The number of carbonyl (C=O) groups is 1. The van der Waals surface area contributed by atoms with E-state index in [4.69, 9.17) is 17.3 Å². The van der Waals surface area contributed by atoms with Gasteiger partial charge in [-0.05, 0) is 31.2 Å². The van der Waals surface area contributed by atoms with Crippen LogP contribution in [0.5, 0.6) is 0 Å². The number of aromatic nitrogens is 2. The monoisotopic (exact) mass is 324 g/mol. The Hall–Kier alpha value is -1.66. The highest BCUT2D eigenvalue weighted by atomic mass is 35.5. The summed E-state index contributed by atoms with van der Waals surface area (Å²) in [7, 11) is 1.89. The number of nitrogens with zero attached hydrogens (tertiary/aromatic N) is 2. The fourth-order valence-corrected chi connectivity index (χ4v) is 2.91. The molecule has 112 valence electrons. The number of amides is 1. The van der Waals surface area contributed by atoms with Gasteiger partial charge in [-0.15, -0.1) is 11.8 Å². The van der Waals surface area contributed by atoms with Crippen molar-refractivity contribution in [1.82, 2.24) is 9.78 Å². The molecule has 0 aliphatic rings. The maximum Gasteiger partial charge on any atom is 0.225 e. The third-order valence-electron chi connectivity index (χ3n) is 2.82. The highest BCUT2D eigenvalue weighted by Gasteiger charge is 2.07. The van der Waals surface area contributed by atoms with Crippen molar-refractivity contribution in [2.45, 2.75) is 18.4 Å². The molecule has 1 aromatic carbocycles. The van der Waals surface area contributed by atoms with Crippen LogP contribution in [-0.4, -0.2) is 21.4 Å². The summed E-state index contributed by atoms with van der Waals surface area (Å²) in [5.74, 6) is 0.636. The topological polar surface area (TPSA) is 72.9 Å². The van der Waals surface area contributed by atoms with Gasteiger partial charge in [0, 0.05) is 24.9 Å². The summed E-state index contributed by atoms with van der Waals surface area (Å²) >= 11 is 7.44. The van der Waals surface area contributed by atoms with E-state index in [1.807, 2.05) is 24.7 Å². The molecule has 0 atom stereocenters. The zero-order valence-electron chi connectivity index (χ0n) is 11.9. The molecule has 0 aliphatic carbocycles. The van der Waals surface area contributed by atoms with Gasteiger partial charge in [-0.2, -0.15) is 5.10 Å². The lowest BCUT2D eigenvalue weighted by atomic mass is 10.2. The summed E-state index contributed by atoms with van der Waals surface area (Å²) in [5.41, 5.74) is 7.78. The van der Waals surface area contributed by atoms with Crippen LogP contribution in [0.1, 0.15) is 12.1 Å². The average molecular weight is 325 g/mol. The summed E-state index contributed by atoms with van der Waals surface area (Å²) in [6.07, 6.45) is 0.414. The number of nitrogens with one attached hydrogen (secondary N) is 1. The number of nitrogen functional groups attached to an aromatic ring is 1. The second-order valence-electron chi connectivity index (χ2n) is 4.63. The number of hydrogen-bond acceptors (Lipinski definition) is 4. The highest BCUT2D eigenvalue weighted by molar-refractivity contribution is 7.99. The van der Waals surface area contributed by atoms with Crippen molar-refractivity contribution in [2.75, 3.05) is 16.8 Å². The number of hydrogen-bond donors (Lipinski definition) is 2. The molecule has 0 fully saturated rings. The van der Waals surface area contributed by atoms with Gasteiger partial charge < -0.3 is 11.1 Å². The van der Waals surface area contributed by atoms with Crippen LogP contribution >= 0.6 is 23.4 Å². The van der Waals surface area contributed by atoms with E-state index < -0.39 is 0 Å². The lowest BCUT2D eigenvalue weighted by Gasteiger charge is -2.07. The van der Waals surface area contributed by atoms with Crippen molar-refractivity contribution < 1.29 is 4.79 Å². The van der Waals surface area contributed by atoms with Crippen molar-refractivity contribution in [3.05, 3.63) is 35.0 Å². The van der Waals surface area contributed by atoms with Crippen LogP contribution in [0.15, 0.2) is 29.3 Å². The second-order valence-corrected chi connectivity index (χ2v) is 6.15. The lowest BCUT2D eigenvalue weighted by Crippen LogP contribution is -2.12. The number of carbonyl (C=O) groups excluding carboxylic acids is 1. The number of nitrogens with two attached hydrogens (primary N) is 1. The zero-order valence-corrected chi connectivity index (χ0v) is 13.5. The highest BCUT2D eigenvalue weighted by Crippen LogP contribution is 2.23. The van der Waals surface area contributed by atoms with Gasteiger partial charge in [0.1, 0.15) is 0 Å². The van der Waals surface area contributed by atoms with E-state index in [2.05, 4.69) is 10.4 Å². The van der Waals surface area contributed by atoms with Gasteiger partial charge in [0.05, 0.1) is 21.4 Å². The van der Waals surface area contributed by atoms with Crippen LogP contribution in [0.25, 0.3) is 0 Å². The molecule has 0 saturated heterocycles. The fraction of sp³-hybridized carbons (Fsp3) is 0.286. The molecule has 2 rings (SSSR count). The van der Waals surface area contributed by atoms with E-state index in [9.17, 15) is 4.79 Å². The van der Waals surface area contributed by atoms with Crippen molar-refractivity contribution in [2.24, 2.45) is 7.05 Å². The Kier molecular flexibility index (Phi) is 5.14. The molecule has 0 bridgehead atoms. The summed E-state index contributed by atoms with van der Waals surface area (Å²) in [5, 5.41) is 8.60. The van der Waals surface area contributed by atoms with Crippen LogP contribution in [-0.2, 0) is 11.8 Å². The third-order valence-corrected chi connectivity index (χ3v) is 4.25. The minimum atomic E-state index is -0.0527. The smallest absolute Gasteiger partial charge is 0.225 e. The molecular weight excluding hydrogens is 308 g/mol. The molecule has 0 saturated carbocycles. The van der Waals surface area contributed by atoms with Crippen LogP contribution in [0, 0.1) is 6.92 Å². The predicted octanol–water partition coefficient (Wildman–Crippen LogP) is 3.09. The number of anilines is 2. The van der Waals surface area contributed by atoms with E-state index in [0.29, 0.717) is 28.6 Å². The first-order valence-corrected chi connectivity index (χ1v) is 7.80. The minimum Gasteiger partial charge on any atom is -0.397 e. The molecular formula is C14H17ClN4OS. The van der Waals surface area contributed by atoms with Crippen LogP contribution in [0.2, 0.25) is 5.02 Å². The number of aryl methyl sites for hydroxylation is 2. The Morgan fingerprint density at radius 2 is 2.24 bits per heavy atom. The van der Waals surface area contributed by atoms with Crippen molar-refractivity contribution >= 4 is 40.6 Å². The van der Waals surface area contributed by atoms with E-state index in [1.54, 1.807) is 30.0 Å². The molecule has 1 aromatic heterocycles. The molecule has 2 aromatic rings. The predicted molar refractivity (Wildman–Crippen MR) is 87.8 cm³/mol. The van der Waals surface area contributed by atoms with Crippen molar-refractivity contribution in [3.63, 3.8) is 0 Å². The normalized spacial score (nSPS) is 10.6. The molecule has 0 aliphatic heterocycles. The molecule has 0 radical (unpaired) electrons. The van der Waals surface area contributed by atoms with E-state index in [1.165, 1.54) is 0 Å². The van der Waals surface area contributed by atoms with Crippen LogP contribution < -0.4 is 11.1 Å². The molecule has 1 amide bonds.